The van der Waals surface area contributed by atoms with Crippen molar-refractivity contribution in [1.29, 1.82) is 0 Å². The fourth-order valence-electron chi connectivity index (χ4n) is 1.66. The Morgan fingerprint density at radius 2 is 2.33 bits per heavy atom. The molecule has 0 aliphatic carbocycles. The molecule has 0 atom stereocenters. The van der Waals surface area contributed by atoms with Gasteiger partial charge >= 0.3 is 5.97 Å². The van der Waals surface area contributed by atoms with Crippen molar-refractivity contribution in [2.75, 3.05) is 0 Å². The van der Waals surface area contributed by atoms with Gasteiger partial charge in [0.1, 0.15) is 12.4 Å². The first kappa shape index (κ1) is 11.8. The molecule has 0 amide bonds. The summed E-state index contributed by atoms with van der Waals surface area (Å²) < 4.78 is 4.30. The van der Waals surface area contributed by atoms with E-state index in [2.05, 4.69) is 29.2 Å². The van der Waals surface area contributed by atoms with E-state index in [4.69, 9.17) is 5.11 Å². The highest BCUT2D eigenvalue weighted by atomic mass is 16.4. The van der Waals surface area contributed by atoms with Crippen LogP contribution in [-0.4, -0.2) is 15.6 Å². The number of rotatable bonds is 6. The molecule has 0 saturated carbocycles. The zero-order chi connectivity index (χ0) is 11.3. The van der Waals surface area contributed by atoms with Gasteiger partial charge in [0.15, 0.2) is 0 Å². The number of carboxylic acid groups (broad SMARTS) is 1. The molecule has 1 aromatic rings. The van der Waals surface area contributed by atoms with E-state index in [1.165, 1.54) is 5.82 Å². The average molecular weight is 211 g/mol. The summed E-state index contributed by atoms with van der Waals surface area (Å²) in [5.74, 6) is 0.475. The van der Waals surface area contributed by atoms with E-state index in [1.807, 2.05) is 6.20 Å². The fraction of sp³-hybridized carbons (Fsp3) is 0.636. The average Bonchev–Trinajstić information content (AvgIpc) is 2.50. The van der Waals surface area contributed by atoms with Gasteiger partial charge in [-0.25, -0.2) is 9.13 Å². The first-order valence-corrected chi connectivity index (χ1v) is 5.42. The van der Waals surface area contributed by atoms with Gasteiger partial charge in [0.25, 0.3) is 5.82 Å². The Kier molecular flexibility index (Phi) is 4.34. The Balaban J connectivity index is 2.50. The molecule has 0 radical (unpaired) electrons. The molecule has 0 fully saturated rings. The third-order valence-corrected chi connectivity index (χ3v) is 2.51. The highest BCUT2D eigenvalue weighted by Gasteiger charge is 2.11. The lowest BCUT2D eigenvalue weighted by Crippen LogP contribution is -2.35. The SMILES string of the molecule is CCC[n+]1ccn(CCCC(=O)O)c1C. The number of aromatic nitrogens is 2. The third kappa shape index (κ3) is 3.38. The quantitative estimate of drug-likeness (QED) is 0.722. The number of carbonyl (C=O) groups is 1. The van der Waals surface area contributed by atoms with Gasteiger partial charge in [-0.05, 0) is 12.8 Å². The monoisotopic (exact) mass is 211 g/mol. The second-order valence-corrected chi connectivity index (χ2v) is 3.73. The lowest BCUT2D eigenvalue weighted by molar-refractivity contribution is -0.702. The first-order chi connectivity index (χ1) is 7.15. The van der Waals surface area contributed by atoms with Gasteiger partial charge in [-0.3, -0.25) is 4.79 Å². The van der Waals surface area contributed by atoms with Crippen LogP contribution in [0.5, 0.6) is 0 Å². The normalized spacial score (nSPS) is 10.5. The predicted molar refractivity (Wildman–Crippen MR) is 56.5 cm³/mol. The molecule has 0 aromatic carbocycles. The van der Waals surface area contributed by atoms with Crippen molar-refractivity contribution >= 4 is 5.97 Å². The second kappa shape index (κ2) is 5.53. The van der Waals surface area contributed by atoms with Gasteiger partial charge in [-0.1, -0.05) is 6.92 Å². The maximum atomic E-state index is 10.4. The number of aryl methyl sites for hydroxylation is 2. The van der Waals surface area contributed by atoms with Crippen molar-refractivity contribution in [3.63, 3.8) is 0 Å². The van der Waals surface area contributed by atoms with Crippen LogP contribution in [0.2, 0.25) is 0 Å². The molecule has 0 unspecified atom stereocenters. The van der Waals surface area contributed by atoms with Crippen molar-refractivity contribution in [3.05, 3.63) is 18.2 Å². The largest absolute Gasteiger partial charge is 0.481 e. The Hall–Kier alpha value is -1.32. The molecule has 0 saturated heterocycles. The van der Waals surface area contributed by atoms with Gasteiger partial charge in [0.05, 0.1) is 13.1 Å². The minimum absolute atomic E-state index is 0.241. The number of carboxylic acids is 1. The molecule has 1 rings (SSSR count). The minimum Gasteiger partial charge on any atom is -0.481 e. The summed E-state index contributed by atoms with van der Waals surface area (Å²) in [5, 5.41) is 8.54. The van der Waals surface area contributed by atoms with E-state index >= 15 is 0 Å². The zero-order valence-electron chi connectivity index (χ0n) is 9.44. The van der Waals surface area contributed by atoms with Crippen molar-refractivity contribution in [2.24, 2.45) is 0 Å². The number of nitrogens with zero attached hydrogens (tertiary/aromatic N) is 2. The second-order valence-electron chi connectivity index (χ2n) is 3.73. The summed E-state index contributed by atoms with van der Waals surface area (Å²) >= 11 is 0. The molecule has 1 N–H and O–H groups in total. The standard InChI is InChI=1S/C11H18N2O2/c1-3-6-12-8-9-13(10(12)2)7-4-5-11(14)15/h8-9H,3-7H2,1-2H3/p+1. The first-order valence-electron chi connectivity index (χ1n) is 5.42. The number of hydrogen-bond acceptors (Lipinski definition) is 1. The van der Waals surface area contributed by atoms with Gasteiger partial charge in [-0.2, -0.15) is 0 Å². The fourth-order valence-corrected chi connectivity index (χ4v) is 1.66. The summed E-state index contributed by atoms with van der Waals surface area (Å²) in [7, 11) is 0. The van der Waals surface area contributed by atoms with E-state index in [0.717, 1.165) is 19.5 Å². The summed E-state index contributed by atoms with van der Waals surface area (Å²) in [5.41, 5.74) is 0. The maximum Gasteiger partial charge on any atom is 0.303 e. The lowest BCUT2D eigenvalue weighted by atomic mass is 10.3. The molecule has 1 heterocycles. The lowest BCUT2D eigenvalue weighted by Gasteiger charge is -1.99. The summed E-state index contributed by atoms with van der Waals surface area (Å²) in [6.45, 7) is 6.03. The van der Waals surface area contributed by atoms with E-state index < -0.39 is 5.97 Å². The smallest absolute Gasteiger partial charge is 0.303 e. The van der Waals surface area contributed by atoms with Gasteiger partial charge in [0.2, 0.25) is 0 Å². The molecule has 0 aliphatic heterocycles. The molecule has 4 nitrogen and oxygen atoms in total. The Morgan fingerprint density at radius 3 is 2.93 bits per heavy atom. The Morgan fingerprint density at radius 1 is 1.60 bits per heavy atom. The highest BCUT2D eigenvalue weighted by molar-refractivity contribution is 5.66. The number of aliphatic carboxylic acids is 1. The van der Waals surface area contributed by atoms with Crippen LogP contribution in [0.15, 0.2) is 12.4 Å². The Bertz CT molecular complexity index is 331. The van der Waals surface area contributed by atoms with Gasteiger partial charge in [-0.15, -0.1) is 0 Å². The van der Waals surface area contributed by atoms with Gasteiger partial charge in [0, 0.05) is 13.3 Å². The van der Waals surface area contributed by atoms with Crippen LogP contribution in [-0.2, 0) is 17.9 Å². The molecule has 0 spiro atoms. The highest BCUT2D eigenvalue weighted by Crippen LogP contribution is 1.99. The van der Waals surface area contributed by atoms with Crippen LogP contribution in [0.25, 0.3) is 0 Å². The number of hydrogen-bond donors (Lipinski definition) is 1. The van der Waals surface area contributed by atoms with Crippen LogP contribution in [0, 0.1) is 6.92 Å². The third-order valence-electron chi connectivity index (χ3n) is 2.51. The van der Waals surface area contributed by atoms with Crippen molar-refractivity contribution in [2.45, 2.75) is 46.2 Å². The zero-order valence-corrected chi connectivity index (χ0v) is 9.44. The maximum absolute atomic E-state index is 10.4. The molecule has 1 aromatic heterocycles. The molecular weight excluding hydrogens is 192 g/mol. The summed E-state index contributed by atoms with van der Waals surface area (Å²) in [6.07, 6.45) is 6.12. The van der Waals surface area contributed by atoms with E-state index in [9.17, 15) is 4.79 Å². The minimum atomic E-state index is -0.721. The van der Waals surface area contributed by atoms with Crippen molar-refractivity contribution < 1.29 is 14.5 Å². The number of imidazole rings is 1. The van der Waals surface area contributed by atoms with Crippen LogP contribution < -0.4 is 4.57 Å². The molecule has 0 aliphatic rings. The topological polar surface area (TPSA) is 46.1 Å². The molecular formula is C11H19N2O2+. The van der Waals surface area contributed by atoms with Crippen LogP contribution >= 0.6 is 0 Å². The molecule has 15 heavy (non-hydrogen) atoms. The Labute approximate surface area is 90.2 Å². The van der Waals surface area contributed by atoms with Crippen molar-refractivity contribution in [3.8, 4) is 0 Å². The van der Waals surface area contributed by atoms with Crippen molar-refractivity contribution in [1.82, 2.24) is 4.57 Å². The van der Waals surface area contributed by atoms with Crippen LogP contribution in [0.1, 0.15) is 32.0 Å². The van der Waals surface area contributed by atoms with Gasteiger partial charge < -0.3 is 5.11 Å². The van der Waals surface area contributed by atoms with Crippen LogP contribution in [0.3, 0.4) is 0 Å². The van der Waals surface area contributed by atoms with E-state index in [-0.39, 0.29) is 6.42 Å². The van der Waals surface area contributed by atoms with Crippen LogP contribution in [0.4, 0.5) is 0 Å². The predicted octanol–water partition coefficient (Wildman–Crippen LogP) is 1.36. The summed E-state index contributed by atoms with van der Waals surface area (Å²) in [6, 6.07) is 0. The van der Waals surface area contributed by atoms with E-state index in [0.29, 0.717) is 6.42 Å². The molecule has 4 heteroatoms. The molecule has 84 valence electrons. The van der Waals surface area contributed by atoms with E-state index in [1.54, 1.807) is 0 Å². The molecule has 0 bridgehead atoms. The summed E-state index contributed by atoms with van der Waals surface area (Å²) in [4.78, 5) is 10.4.